The summed E-state index contributed by atoms with van der Waals surface area (Å²) < 4.78 is 2.11. The summed E-state index contributed by atoms with van der Waals surface area (Å²) in [6.07, 6.45) is 3.64. The molecule has 2 aromatic carbocycles. The van der Waals surface area contributed by atoms with Gasteiger partial charge in [-0.3, -0.25) is 4.98 Å². The van der Waals surface area contributed by atoms with Crippen molar-refractivity contribution in [1.29, 1.82) is 0 Å². The van der Waals surface area contributed by atoms with Crippen LogP contribution in [-0.2, 0) is 6.54 Å². The van der Waals surface area contributed by atoms with Crippen molar-refractivity contribution in [2.45, 2.75) is 27.3 Å². The number of carboxylic acid groups (broad SMARTS) is 1. The Labute approximate surface area is 163 Å². The molecule has 4 rings (SSSR count). The van der Waals surface area contributed by atoms with Gasteiger partial charge in [0.05, 0.1) is 16.6 Å². The maximum absolute atomic E-state index is 11.3. The SMILES string of the molecule is CCn1c(-c2ccncc2-c2ccc(C)cc2C)nc2cc(C(=O)O)ccc21. The first-order valence-electron chi connectivity index (χ1n) is 9.25. The molecular weight excluding hydrogens is 350 g/mol. The van der Waals surface area contributed by atoms with Gasteiger partial charge in [-0.25, -0.2) is 9.78 Å². The minimum Gasteiger partial charge on any atom is -0.478 e. The number of pyridine rings is 1. The molecule has 0 radical (unpaired) electrons. The third-order valence-electron chi connectivity index (χ3n) is 5.05. The summed E-state index contributed by atoms with van der Waals surface area (Å²) in [4.78, 5) is 20.5. The average Bonchev–Trinajstić information content (AvgIpc) is 3.05. The normalized spacial score (nSPS) is 11.1. The Morgan fingerprint density at radius 2 is 1.86 bits per heavy atom. The smallest absolute Gasteiger partial charge is 0.335 e. The predicted molar refractivity (Wildman–Crippen MR) is 111 cm³/mol. The molecule has 2 heterocycles. The third-order valence-corrected chi connectivity index (χ3v) is 5.05. The fraction of sp³-hybridized carbons (Fsp3) is 0.174. The van der Waals surface area contributed by atoms with Gasteiger partial charge in [0.1, 0.15) is 5.82 Å². The summed E-state index contributed by atoms with van der Waals surface area (Å²) in [6.45, 7) is 6.97. The molecule has 1 N–H and O–H groups in total. The summed E-state index contributed by atoms with van der Waals surface area (Å²) in [5.74, 6) is -0.133. The first-order chi connectivity index (χ1) is 13.5. The zero-order valence-corrected chi connectivity index (χ0v) is 16.1. The van der Waals surface area contributed by atoms with E-state index in [9.17, 15) is 9.90 Å². The molecule has 0 unspecified atom stereocenters. The Morgan fingerprint density at radius 1 is 1.04 bits per heavy atom. The van der Waals surface area contributed by atoms with E-state index in [0.717, 1.165) is 34.6 Å². The number of carbonyl (C=O) groups is 1. The lowest BCUT2D eigenvalue weighted by Crippen LogP contribution is -2.00. The molecule has 0 bridgehead atoms. The molecule has 0 atom stereocenters. The summed E-state index contributed by atoms with van der Waals surface area (Å²) in [7, 11) is 0. The van der Waals surface area contributed by atoms with Gasteiger partial charge in [0.25, 0.3) is 0 Å². The Hall–Kier alpha value is -3.47. The van der Waals surface area contributed by atoms with Gasteiger partial charge in [-0.2, -0.15) is 0 Å². The molecule has 0 fully saturated rings. The zero-order chi connectivity index (χ0) is 19.8. The molecule has 0 spiro atoms. The number of hydrogen-bond acceptors (Lipinski definition) is 3. The molecule has 5 heteroatoms. The van der Waals surface area contributed by atoms with Crippen LogP contribution in [0.2, 0.25) is 0 Å². The van der Waals surface area contributed by atoms with Crippen molar-refractivity contribution in [3.05, 3.63) is 71.5 Å². The minimum absolute atomic E-state index is 0.240. The van der Waals surface area contributed by atoms with E-state index >= 15 is 0 Å². The quantitative estimate of drug-likeness (QED) is 0.542. The molecule has 28 heavy (non-hydrogen) atoms. The van der Waals surface area contributed by atoms with Gasteiger partial charge in [-0.1, -0.05) is 23.8 Å². The summed E-state index contributed by atoms with van der Waals surface area (Å²) in [5, 5.41) is 9.30. The van der Waals surface area contributed by atoms with Crippen molar-refractivity contribution >= 4 is 17.0 Å². The van der Waals surface area contributed by atoms with E-state index in [1.165, 1.54) is 11.1 Å². The number of fused-ring (bicyclic) bond motifs is 1. The summed E-state index contributed by atoms with van der Waals surface area (Å²) in [6, 6.07) is 13.4. The Kier molecular flexibility index (Phi) is 4.43. The van der Waals surface area contributed by atoms with Crippen molar-refractivity contribution in [2.24, 2.45) is 0 Å². The first kappa shape index (κ1) is 17.9. The van der Waals surface area contributed by atoms with Crippen molar-refractivity contribution in [3.63, 3.8) is 0 Å². The number of imidazole rings is 1. The lowest BCUT2D eigenvalue weighted by atomic mass is 9.96. The van der Waals surface area contributed by atoms with Gasteiger partial charge < -0.3 is 9.67 Å². The van der Waals surface area contributed by atoms with Gasteiger partial charge in [0, 0.05) is 30.1 Å². The van der Waals surface area contributed by atoms with Crippen LogP contribution >= 0.6 is 0 Å². The summed E-state index contributed by atoms with van der Waals surface area (Å²) in [5.41, 5.74) is 7.36. The molecule has 0 aliphatic rings. The predicted octanol–water partition coefficient (Wildman–Crippen LogP) is 5.10. The molecule has 5 nitrogen and oxygen atoms in total. The van der Waals surface area contributed by atoms with Crippen molar-refractivity contribution in [1.82, 2.24) is 14.5 Å². The second-order valence-electron chi connectivity index (χ2n) is 6.93. The highest BCUT2D eigenvalue weighted by Crippen LogP contribution is 2.35. The van der Waals surface area contributed by atoms with Crippen LogP contribution in [0.1, 0.15) is 28.4 Å². The van der Waals surface area contributed by atoms with Gasteiger partial charge in [0.2, 0.25) is 0 Å². The van der Waals surface area contributed by atoms with Crippen LogP contribution in [0.5, 0.6) is 0 Å². The molecule has 140 valence electrons. The molecule has 2 aromatic heterocycles. The van der Waals surface area contributed by atoms with Gasteiger partial charge in [-0.05, 0) is 56.2 Å². The number of aromatic nitrogens is 3. The highest BCUT2D eigenvalue weighted by Gasteiger charge is 2.18. The molecular formula is C23H21N3O2. The second kappa shape index (κ2) is 6.93. The number of hydrogen-bond donors (Lipinski definition) is 1. The maximum Gasteiger partial charge on any atom is 0.335 e. The third kappa shape index (κ3) is 2.95. The number of aryl methyl sites for hydroxylation is 3. The van der Waals surface area contributed by atoms with Gasteiger partial charge in [-0.15, -0.1) is 0 Å². The molecule has 4 aromatic rings. The number of benzene rings is 2. The van der Waals surface area contributed by atoms with Crippen LogP contribution < -0.4 is 0 Å². The molecule has 0 saturated heterocycles. The monoisotopic (exact) mass is 371 g/mol. The maximum atomic E-state index is 11.3. The van der Waals surface area contributed by atoms with Crippen LogP contribution in [0.3, 0.4) is 0 Å². The van der Waals surface area contributed by atoms with Crippen LogP contribution in [0.15, 0.2) is 54.9 Å². The first-order valence-corrected chi connectivity index (χ1v) is 9.25. The van der Waals surface area contributed by atoms with Gasteiger partial charge >= 0.3 is 5.97 Å². The average molecular weight is 371 g/mol. The van der Waals surface area contributed by atoms with Gasteiger partial charge in [0.15, 0.2) is 0 Å². The highest BCUT2D eigenvalue weighted by atomic mass is 16.4. The lowest BCUT2D eigenvalue weighted by Gasteiger charge is -2.13. The number of rotatable bonds is 4. The second-order valence-corrected chi connectivity index (χ2v) is 6.93. The van der Waals surface area contributed by atoms with Crippen LogP contribution in [0.25, 0.3) is 33.5 Å². The van der Waals surface area contributed by atoms with Crippen molar-refractivity contribution in [3.8, 4) is 22.5 Å². The van der Waals surface area contributed by atoms with E-state index < -0.39 is 5.97 Å². The van der Waals surface area contributed by atoms with E-state index in [4.69, 9.17) is 4.98 Å². The van der Waals surface area contributed by atoms with E-state index in [1.54, 1.807) is 18.3 Å². The fourth-order valence-electron chi connectivity index (χ4n) is 3.71. The fourth-order valence-corrected chi connectivity index (χ4v) is 3.71. The zero-order valence-electron chi connectivity index (χ0n) is 16.1. The lowest BCUT2D eigenvalue weighted by molar-refractivity contribution is 0.0697. The molecule has 0 aliphatic heterocycles. The van der Waals surface area contributed by atoms with E-state index in [-0.39, 0.29) is 5.56 Å². The van der Waals surface area contributed by atoms with Crippen LogP contribution in [0, 0.1) is 13.8 Å². The Bertz CT molecular complexity index is 1210. The molecule has 0 saturated carbocycles. The van der Waals surface area contributed by atoms with Crippen molar-refractivity contribution < 1.29 is 9.90 Å². The van der Waals surface area contributed by atoms with Crippen molar-refractivity contribution in [2.75, 3.05) is 0 Å². The van der Waals surface area contributed by atoms with Crippen LogP contribution in [0.4, 0.5) is 0 Å². The topological polar surface area (TPSA) is 68.0 Å². The highest BCUT2D eigenvalue weighted by molar-refractivity contribution is 5.94. The Morgan fingerprint density at radius 3 is 2.57 bits per heavy atom. The van der Waals surface area contributed by atoms with E-state index in [0.29, 0.717) is 5.52 Å². The van der Waals surface area contributed by atoms with E-state index in [1.807, 2.05) is 18.3 Å². The Balaban J connectivity index is 1.97. The number of nitrogens with zero attached hydrogens (tertiary/aromatic N) is 3. The molecule has 0 aliphatic carbocycles. The minimum atomic E-state index is -0.950. The van der Waals surface area contributed by atoms with Crippen LogP contribution in [-0.4, -0.2) is 25.6 Å². The van der Waals surface area contributed by atoms with E-state index in [2.05, 4.69) is 48.5 Å². The number of carboxylic acids is 1. The summed E-state index contributed by atoms with van der Waals surface area (Å²) >= 11 is 0. The largest absolute Gasteiger partial charge is 0.478 e. The standard InChI is InChI=1S/C23H21N3O2/c1-4-26-21-8-6-16(23(27)28)12-20(21)25-22(26)18-9-10-24-13-19(18)17-7-5-14(2)11-15(17)3/h5-13H,4H2,1-3H3,(H,27,28). The number of aromatic carboxylic acids is 1. The molecule has 0 amide bonds.